The fourth-order valence-electron chi connectivity index (χ4n) is 2.37. The summed E-state index contributed by atoms with van der Waals surface area (Å²) in [6.07, 6.45) is 1.01. The van der Waals surface area contributed by atoms with Crippen LogP contribution in [0.3, 0.4) is 0 Å². The third kappa shape index (κ3) is 2.88. The summed E-state index contributed by atoms with van der Waals surface area (Å²) in [6.45, 7) is 2.17. The van der Waals surface area contributed by atoms with Crippen LogP contribution in [0, 0.1) is 11.3 Å². The van der Waals surface area contributed by atoms with E-state index in [1.165, 1.54) is 16.9 Å². The van der Waals surface area contributed by atoms with E-state index < -0.39 is 0 Å². The van der Waals surface area contributed by atoms with Gasteiger partial charge in [-0.25, -0.2) is 4.98 Å². The molecule has 0 radical (unpaired) electrons. The van der Waals surface area contributed by atoms with Crippen LogP contribution in [0.1, 0.15) is 30.0 Å². The predicted octanol–water partition coefficient (Wildman–Crippen LogP) is 4.73. The molecule has 3 aromatic rings. The Morgan fingerprint density at radius 2 is 2.05 bits per heavy atom. The number of nitriles is 1. The second kappa shape index (κ2) is 5.94. The summed E-state index contributed by atoms with van der Waals surface area (Å²) in [7, 11) is 0. The van der Waals surface area contributed by atoms with E-state index in [-0.39, 0.29) is 6.04 Å². The smallest absolute Gasteiger partial charge is 0.195 e. The largest absolute Gasteiger partial charge is 0.378 e. The molecule has 0 aliphatic carbocycles. The number of nitrogens with zero attached hydrogens (tertiary/aromatic N) is 2. The van der Waals surface area contributed by atoms with Gasteiger partial charge in [0.2, 0.25) is 0 Å². The number of rotatable bonds is 4. The van der Waals surface area contributed by atoms with Crippen LogP contribution in [0.15, 0.2) is 48.5 Å². The van der Waals surface area contributed by atoms with Crippen molar-refractivity contribution in [3.8, 4) is 6.07 Å². The summed E-state index contributed by atoms with van der Waals surface area (Å²) >= 11 is 1.43. The van der Waals surface area contributed by atoms with Gasteiger partial charge in [-0.15, -0.1) is 11.3 Å². The molecule has 0 bridgehead atoms. The third-order valence-corrected chi connectivity index (χ3v) is 4.36. The molecular formula is C17H15N3S. The van der Waals surface area contributed by atoms with Crippen LogP contribution in [-0.2, 0) is 0 Å². The fourth-order valence-corrected chi connectivity index (χ4v) is 3.17. The topological polar surface area (TPSA) is 48.7 Å². The van der Waals surface area contributed by atoms with Crippen LogP contribution in [0.4, 0.5) is 5.69 Å². The van der Waals surface area contributed by atoms with Crippen molar-refractivity contribution in [2.24, 2.45) is 0 Å². The molecule has 1 heterocycles. The summed E-state index contributed by atoms with van der Waals surface area (Å²) in [5.74, 6) is 0. The van der Waals surface area contributed by atoms with Crippen LogP contribution < -0.4 is 5.32 Å². The van der Waals surface area contributed by atoms with E-state index in [9.17, 15) is 0 Å². The van der Waals surface area contributed by atoms with Crippen LogP contribution in [0.25, 0.3) is 10.2 Å². The van der Waals surface area contributed by atoms with E-state index in [1.807, 2.05) is 18.2 Å². The molecule has 0 saturated heterocycles. The zero-order valence-electron chi connectivity index (χ0n) is 11.7. The molecule has 104 valence electrons. The molecule has 1 atom stereocenters. The molecule has 0 fully saturated rings. The molecule has 0 aliphatic rings. The van der Waals surface area contributed by atoms with Gasteiger partial charge in [0.05, 0.1) is 16.3 Å². The van der Waals surface area contributed by atoms with Gasteiger partial charge in [-0.05, 0) is 30.2 Å². The van der Waals surface area contributed by atoms with Crippen molar-refractivity contribution in [3.63, 3.8) is 0 Å². The number of fused-ring (bicyclic) bond motifs is 1. The Morgan fingerprint density at radius 3 is 2.76 bits per heavy atom. The van der Waals surface area contributed by atoms with Crippen molar-refractivity contribution >= 4 is 27.2 Å². The zero-order valence-corrected chi connectivity index (χ0v) is 12.5. The van der Waals surface area contributed by atoms with Crippen molar-refractivity contribution in [2.45, 2.75) is 19.4 Å². The molecule has 1 aromatic heterocycles. The summed E-state index contributed by atoms with van der Waals surface area (Å²) in [5.41, 5.74) is 3.23. The van der Waals surface area contributed by atoms with E-state index in [4.69, 9.17) is 5.26 Å². The molecule has 3 rings (SSSR count). The van der Waals surface area contributed by atoms with E-state index >= 15 is 0 Å². The van der Waals surface area contributed by atoms with Gasteiger partial charge in [-0.2, -0.15) is 5.26 Å². The van der Waals surface area contributed by atoms with Gasteiger partial charge in [0.25, 0.3) is 0 Å². The van der Waals surface area contributed by atoms with Gasteiger partial charge in [0.15, 0.2) is 5.01 Å². The quantitative estimate of drug-likeness (QED) is 0.756. The van der Waals surface area contributed by atoms with Gasteiger partial charge in [-0.1, -0.05) is 37.3 Å². The Kier molecular flexibility index (Phi) is 3.85. The molecule has 0 aliphatic heterocycles. The minimum absolute atomic E-state index is 0.284. The van der Waals surface area contributed by atoms with Crippen molar-refractivity contribution in [2.75, 3.05) is 5.32 Å². The highest BCUT2D eigenvalue weighted by molar-refractivity contribution is 7.19. The Labute approximate surface area is 127 Å². The van der Waals surface area contributed by atoms with E-state index in [0.717, 1.165) is 22.3 Å². The standard InChI is InChI=1S/C17H15N3S/c1-2-14(12-6-4-3-5-7-12)19-13-8-9-15-16(10-13)21-17(11-18)20-15/h3-10,14,19H,2H2,1H3. The van der Waals surface area contributed by atoms with Crippen molar-refractivity contribution in [3.05, 3.63) is 59.1 Å². The lowest BCUT2D eigenvalue weighted by molar-refractivity contribution is 0.750. The van der Waals surface area contributed by atoms with Crippen LogP contribution in [-0.4, -0.2) is 4.98 Å². The minimum atomic E-state index is 0.284. The summed E-state index contributed by atoms with van der Waals surface area (Å²) in [5, 5.41) is 13.0. The van der Waals surface area contributed by atoms with E-state index in [0.29, 0.717) is 5.01 Å². The summed E-state index contributed by atoms with van der Waals surface area (Å²) < 4.78 is 1.04. The van der Waals surface area contributed by atoms with Crippen molar-refractivity contribution in [1.29, 1.82) is 5.26 Å². The average molecular weight is 293 g/mol. The number of nitrogens with one attached hydrogen (secondary N) is 1. The maximum atomic E-state index is 8.92. The maximum Gasteiger partial charge on any atom is 0.195 e. The molecule has 4 heteroatoms. The van der Waals surface area contributed by atoms with Gasteiger partial charge < -0.3 is 5.32 Å². The molecule has 1 unspecified atom stereocenters. The average Bonchev–Trinajstić information content (AvgIpc) is 2.95. The first-order valence-electron chi connectivity index (χ1n) is 6.92. The molecule has 21 heavy (non-hydrogen) atoms. The lowest BCUT2D eigenvalue weighted by Crippen LogP contribution is -2.09. The first-order chi connectivity index (χ1) is 10.3. The first kappa shape index (κ1) is 13.6. The molecule has 1 N–H and O–H groups in total. The van der Waals surface area contributed by atoms with Crippen LogP contribution >= 0.6 is 11.3 Å². The molecule has 3 nitrogen and oxygen atoms in total. The lowest BCUT2D eigenvalue weighted by atomic mass is 10.0. The highest BCUT2D eigenvalue weighted by Gasteiger charge is 2.10. The Balaban J connectivity index is 1.88. The van der Waals surface area contributed by atoms with Crippen molar-refractivity contribution < 1.29 is 0 Å². The van der Waals surface area contributed by atoms with Gasteiger partial charge in [-0.3, -0.25) is 0 Å². The third-order valence-electron chi connectivity index (χ3n) is 3.44. The van der Waals surface area contributed by atoms with Crippen molar-refractivity contribution in [1.82, 2.24) is 4.98 Å². The monoisotopic (exact) mass is 293 g/mol. The fraction of sp³-hybridized carbons (Fsp3) is 0.176. The van der Waals surface area contributed by atoms with Gasteiger partial charge in [0, 0.05) is 5.69 Å². The molecule has 0 saturated carbocycles. The number of anilines is 1. The summed E-state index contributed by atoms with van der Waals surface area (Å²) in [4.78, 5) is 4.26. The number of hydrogen-bond acceptors (Lipinski definition) is 4. The van der Waals surface area contributed by atoms with Crippen LogP contribution in [0.2, 0.25) is 0 Å². The number of thiazole rings is 1. The SMILES string of the molecule is CCC(Nc1ccc2nc(C#N)sc2c1)c1ccccc1. The Bertz CT molecular complexity index is 787. The minimum Gasteiger partial charge on any atom is -0.378 e. The zero-order chi connectivity index (χ0) is 14.7. The number of benzene rings is 2. The second-order valence-corrected chi connectivity index (χ2v) is 5.86. The normalized spacial score (nSPS) is 12.0. The first-order valence-corrected chi connectivity index (χ1v) is 7.74. The van der Waals surface area contributed by atoms with E-state index in [1.54, 1.807) is 0 Å². The second-order valence-electron chi connectivity index (χ2n) is 4.83. The maximum absolute atomic E-state index is 8.92. The van der Waals surface area contributed by atoms with Crippen LogP contribution in [0.5, 0.6) is 0 Å². The van der Waals surface area contributed by atoms with Gasteiger partial charge >= 0.3 is 0 Å². The molecule has 0 amide bonds. The van der Waals surface area contributed by atoms with Gasteiger partial charge in [0.1, 0.15) is 6.07 Å². The molecular weight excluding hydrogens is 278 g/mol. The Hall–Kier alpha value is -2.38. The highest BCUT2D eigenvalue weighted by Crippen LogP contribution is 2.28. The predicted molar refractivity (Wildman–Crippen MR) is 87.4 cm³/mol. The number of hydrogen-bond donors (Lipinski definition) is 1. The molecule has 0 spiro atoms. The number of aromatic nitrogens is 1. The highest BCUT2D eigenvalue weighted by atomic mass is 32.1. The van der Waals surface area contributed by atoms with E-state index in [2.05, 4.69) is 53.6 Å². The Morgan fingerprint density at radius 1 is 1.24 bits per heavy atom. The molecule has 2 aromatic carbocycles. The summed E-state index contributed by atoms with van der Waals surface area (Å²) in [6, 6.07) is 18.9. The lowest BCUT2D eigenvalue weighted by Gasteiger charge is -2.18.